The fraction of sp³-hybridized carbons (Fsp3) is 0.875. The SMILES string of the molecule is CN=C(NCCN1CCCCC1)NCC(=O)N1CCCCC1.I. The van der Waals surface area contributed by atoms with Crippen LogP contribution < -0.4 is 10.6 Å². The molecule has 134 valence electrons. The monoisotopic (exact) mass is 437 g/mol. The summed E-state index contributed by atoms with van der Waals surface area (Å²) >= 11 is 0. The van der Waals surface area contributed by atoms with E-state index in [4.69, 9.17) is 0 Å². The number of aliphatic imine (C=N–C) groups is 1. The van der Waals surface area contributed by atoms with Crippen LogP contribution in [0.25, 0.3) is 0 Å². The zero-order chi connectivity index (χ0) is 15.6. The Morgan fingerprint density at radius 1 is 0.957 bits per heavy atom. The summed E-state index contributed by atoms with van der Waals surface area (Å²) in [5.74, 6) is 0.904. The van der Waals surface area contributed by atoms with Gasteiger partial charge in [0.2, 0.25) is 5.91 Å². The third-order valence-corrected chi connectivity index (χ3v) is 4.51. The quantitative estimate of drug-likeness (QED) is 0.387. The lowest BCUT2D eigenvalue weighted by Gasteiger charge is -2.27. The second-order valence-corrected chi connectivity index (χ2v) is 6.20. The van der Waals surface area contributed by atoms with Gasteiger partial charge in [-0.25, -0.2) is 0 Å². The number of carbonyl (C=O) groups excluding carboxylic acids is 1. The van der Waals surface area contributed by atoms with Crippen LogP contribution in [0.15, 0.2) is 4.99 Å². The fourth-order valence-electron chi connectivity index (χ4n) is 3.15. The molecule has 2 aliphatic heterocycles. The topological polar surface area (TPSA) is 60.0 Å². The van der Waals surface area contributed by atoms with Gasteiger partial charge in [-0.2, -0.15) is 0 Å². The highest BCUT2D eigenvalue weighted by Gasteiger charge is 2.16. The van der Waals surface area contributed by atoms with E-state index in [1.165, 1.54) is 38.8 Å². The molecule has 0 spiro atoms. The molecule has 0 unspecified atom stereocenters. The molecular weight excluding hydrogens is 405 g/mol. The Balaban J connectivity index is 0.00000264. The zero-order valence-electron chi connectivity index (χ0n) is 14.4. The standard InChI is InChI=1S/C16H31N5O.HI/c1-17-16(18-8-13-20-9-4-2-5-10-20)19-14-15(22)21-11-6-3-7-12-21;/h2-14H2,1H3,(H2,17,18,19);1H. The zero-order valence-corrected chi connectivity index (χ0v) is 16.7. The molecule has 0 atom stereocenters. The van der Waals surface area contributed by atoms with Crippen LogP contribution in [0.5, 0.6) is 0 Å². The van der Waals surface area contributed by atoms with Gasteiger partial charge in [0.1, 0.15) is 0 Å². The largest absolute Gasteiger partial charge is 0.355 e. The molecule has 6 nitrogen and oxygen atoms in total. The van der Waals surface area contributed by atoms with Crippen molar-refractivity contribution in [3.8, 4) is 0 Å². The number of amides is 1. The van der Waals surface area contributed by atoms with Crippen LogP contribution in [0.1, 0.15) is 38.5 Å². The Morgan fingerprint density at radius 3 is 2.17 bits per heavy atom. The van der Waals surface area contributed by atoms with E-state index in [2.05, 4.69) is 20.5 Å². The van der Waals surface area contributed by atoms with Gasteiger partial charge in [0.05, 0.1) is 6.54 Å². The first-order valence-electron chi connectivity index (χ1n) is 8.74. The molecule has 0 aromatic carbocycles. The number of likely N-dealkylation sites (tertiary alicyclic amines) is 2. The molecule has 0 aromatic rings. The van der Waals surface area contributed by atoms with E-state index in [0.29, 0.717) is 6.54 Å². The Labute approximate surface area is 157 Å². The Morgan fingerprint density at radius 2 is 1.57 bits per heavy atom. The minimum Gasteiger partial charge on any atom is -0.355 e. The lowest BCUT2D eigenvalue weighted by atomic mass is 10.1. The molecule has 7 heteroatoms. The third kappa shape index (κ3) is 7.69. The summed E-state index contributed by atoms with van der Waals surface area (Å²) < 4.78 is 0. The number of hydrogen-bond acceptors (Lipinski definition) is 3. The van der Waals surface area contributed by atoms with Crippen LogP contribution in [0.4, 0.5) is 0 Å². The van der Waals surface area contributed by atoms with Gasteiger partial charge in [-0.15, -0.1) is 24.0 Å². The molecule has 0 aromatic heterocycles. The maximum Gasteiger partial charge on any atom is 0.241 e. The van der Waals surface area contributed by atoms with Crippen LogP contribution >= 0.6 is 24.0 Å². The van der Waals surface area contributed by atoms with Crippen molar-refractivity contribution in [3.63, 3.8) is 0 Å². The number of guanidine groups is 1. The van der Waals surface area contributed by atoms with Crippen molar-refractivity contribution >= 4 is 35.8 Å². The van der Waals surface area contributed by atoms with Crippen molar-refractivity contribution in [1.82, 2.24) is 20.4 Å². The van der Waals surface area contributed by atoms with Crippen LogP contribution in [0.2, 0.25) is 0 Å². The molecule has 2 rings (SSSR count). The van der Waals surface area contributed by atoms with Crippen LogP contribution in [0.3, 0.4) is 0 Å². The molecule has 0 aliphatic carbocycles. The van der Waals surface area contributed by atoms with E-state index in [1.807, 2.05) is 4.90 Å². The van der Waals surface area contributed by atoms with Crippen molar-refractivity contribution in [2.45, 2.75) is 38.5 Å². The van der Waals surface area contributed by atoms with Gasteiger partial charge in [0.15, 0.2) is 5.96 Å². The van der Waals surface area contributed by atoms with Crippen LogP contribution in [-0.2, 0) is 4.79 Å². The van der Waals surface area contributed by atoms with Crippen molar-refractivity contribution < 1.29 is 4.79 Å². The van der Waals surface area contributed by atoms with Crippen molar-refractivity contribution in [3.05, 3.63) is 0 Å². The van der Waals surface area contributed by atoms with Gasteiger partial charge in [-0.05, 0) is 45.2 Å². The molecule has 0 saturated carbocycles. The van der Waals surface area contributed by atoms with Crippen molar-refractivity contribution in [1.29, 1.82) is 0 Å². The third-order valence-electron chi connectivity index (χ3n) is 4.51. The number of carbonyl (C=O) groups is 1. The molecule has 0 radical (unpaired) electrons. The predicted octanol–water partition coefficient (Wildman–Crippen LogP) is 1.27. The van der Waals surface area contributed by atoms with Gasteiger partial charge in [-0.3, -0.25) is 9.79 Å². The van der Waals surface area contributed by atoms with Crippen LogP contribution in [0, 0.1) is 0 Å². The second kappa shape index (κ2) is 11.9. The average Bonchev–Trinajstić information content (AvgIpc) is 2.59. The molecule has 23 heavy (non-hydrogen) atoms. The fourth-order valence-corrected chi connectivity index (χ4v) is 3.15. The van der Waals surface area contributed by atoms with E-state index in [0.717, 1.165) is 45.0 Å². The first-order chi connectivity index (χ1) is 10.8. The smallest absolute Gasteiger partial charge is 0.241 e. The summed E-state index contributed by atoms with van der Waals surface area (Å²) in [6.45, 7) is 6.48. The summed E-state index contributed by atoms with van der Waals surface area (Å²) in [6, 6.07) is 0. The van der Waals surface area contributed by atoms with Crippen molar-refractivity contribution in [2.75, 3.05) is 52.9 Å². The molecule has 2 saturated heterocycles. The molecule has 2 fully saturated rings. The molecule has 2 aliphatic rings. The van der Waals surface area contributed by atoms with Gasteiger partial charge in [0, 0.05) is 33.2 Å². The Hall–Kier alpha value is -0.570. The van der Waals surface area contributed by atoms with Gasteiger partial charge >= 0.3 is 0 Å². The molecular formula is C16H32IN5O. The number of piperidine rings is 2. The van der Waals surface area contributed by atoms with Gasteiger partial charge in [0.25, 0.3) is 0 Å². The highest BCUT2D eigenvalue weighted by molar-refractivity contribution is 14.0. The molecule has 2 N–H and O–H groups in total. The minimum absolute atomic E-state index is 0. The Bertz CT molecular complexity index is 365. The Kier molecular flexibility index (Phi) is 10.6. The predicted molar refractivity (Wildman–Crippen MR) is 106 cm³/mol. The van der Waals surface area contributed by atoms with Gasteiger partial charge < -0.3 is 20.4 Å². The highest BCUT2D eigenvalue weighted by Crippen LogP contribution is 2.08. The second-order valence-electron chi connectivity index (χ2n) is 6.20. The number of hydrogen-bond donors (Lipinski definition) is 2. The maximum atomic E-state index is 12.1. The molecule has 0 bridgehead atoms. The molecule has 2 heterocycles. The first kappa shape index (κ1) is 20.5. The first-order valence-corrected chi connectivity index (χ1v) is 8.74. The van der Waals surface area contributed by atoms with E-state index in [9.17, 15) is 4.79 Å². The molecule has 1 amide bonds. The lowest BCUT2D eigenvalue weighted by molar-refractivity contribution is -0.130. The number of nitrogens with one attached hydrogen (secondary N) is 2. The highest BCUT2D eigenvalue weighted by atomic mass is 127. The number of halogens is 1. The average molecular weight is 437 g/mol. The van der Waals surface area contributed by atoms with E-state index >= 15 is 0 Å². The lowest BCUT2D eigenvalue weighted by Crippen LogP contribution is -2.47. The van der Waals surface area contributed by atoms with E-state index in [1.54, 1.807) is 7.05 Å². The summed E-state index contributed by atoms with van der Waals surface area (Å²) in [5, 5.41) is 6.43. The summed E-state index contributed by atoms with van der Waals surface area (Å²) in [4.78, 5) is 20.7. The van der Waals surface area contributed by atoms with Crippen LogP contribution in [-0.4, -0.2) is 74.5 Å². The summed E-state index contributed by atoms with van der Waals surface area (Å²) in [5.41, 5.74) is 0. The number of rotatable bonds is 5. The van der Waals surface area contributed by atoms with E-state index in [-0.39, 0.29) is 29.9 Å². The summed E-state index contributed by atoms with van der Waals surface area (Å²) in [6.07, 6.45) is 7.51. The number of nitrogens with zero attached hydrogens (tertiary/aromatic N) is 3. The normalized spacial score (nSPS) is 19.9. The minimum atomic E-state index is 0. The summed E-state index contributed by atoms with van der Waals surface area (Å²) in [7, 11) is 1.75. The van der Waals surface area contributed by atoms with Crippen molar-refractivity contribution in [2.24, 2.45) is 4.99 Å². The van der Waals surface area contributed by atoms with E-state index < -0.39 is 0 Å². The maximum absolute atomic E-state index is 12.1. The van der Waals surface area contributed by atoms with Gasteiger partial charge in [-0.1, -0.05) is 6.42 Å².